The van der Waals surface area contributed by atoms with E-state index in [0.717, 1.165) is 109 Å². The summed E-state index contributed by atoms with van der Waals surface area (Å²) in [4.78, 5) is 51.4. The summed E-state index contributed by atoms with van der Waals surface area (Å²) in [5, 5.41) is 31.6. The number of rotatable bonds is 57. The van der Waals surface area contributed by atoms with Gasteiger partial charge in [-0.25, -0.2) is 4.79 Å². The SMILES string of the molecule is CC/C=C\C/C=C\C/C=C\CCCCCCCC(=O)OC(COC(=O)CCCCCCCCCCCCCCCCCCC)COC1OC(C(=O)O)C(O)C(O)C1OC(=O)CCCCCCCCCCC/C=C\C/C=C\CCCCC. The molecular weight excluding hydrogens is 1020 g/mol. The molecule has 0 amide bonds. The van der Waals surface area contributed by atoms with Gasteiger partial charge in [-0.3, -0.25) is 14.4 Å². The van der Waals surface area contributed by atoms with Crippen molar-refractivity contribution in [3.8, 4) is 0 Å². The van der Waals surface area contributed by atoms with E-state index in [4.69, 9.17) is 23.7 Å². The topological polar surface area (TPSA) is 175 Å². The fraction of sp³-hybridized carbons (Fsp3) is 0.797. The summed E-state index contributed by atoms with van der Waals surface area (Å²) in [7, 11) is 0. The Hall–Kier alpha value is -3.58. The Balaban J connectivity index is 2.64. The van der Waals surface area contributed by atoms with Crippen molar-refractivity contribution in [3.63, 3.8) is 0 Å². The highest BCUT2D eigenvalue weighted by molar-refractivity contribution is 5.74. The van der Waals surface area contributed by atoms with E-state index in [2.05, 4.69) is 81.5 Å². The number of esters is 3. The third kappa shape index (κ3) is 46.5. The fourth-order valence-electron chi connectivity index (χ4n) is 10.0. The lowest BCUT2D eigenvalue weighted by Gasteiger charge is -2.40. The average Bonchev–Trinajstić information content (AvgIpc) is 3.52. The number of aliphatic hydroxyl groups is 2. The van der Waals surface area contributed by atoms with E-state index in [-0.39, 0.29) is 25.9 Å². The van der Waals surface area contributed by atoms with Gasteiger partial charge in [0.05, 0.1) is 6.61 Å². The van der Waals surface area contributed by atoms with E-state index in [1.807, 2.05) is 0 Å². The van der Waals surface area contributed by atoms with Crippen molar-refractivity contribution in [2.24, 2.45) is 0 Å². The minimum Gasteiger partial charge on any atom is -0.479 e. The van der Waals surface area contributed by atoms with E-state index >= 15 is 0 Å². The summed E-state index contributed by atoms with van der Waals surface area (Å²) in [5.41, 5.74) is 0. The maximum absolute atomic E-state index is 13.2. The van der Waals surface area contributed by atoms with Crippen molar-refractivity contribution in [2.75, 3.05) is 13.2 Å². The normalized spacial score (nSPS) is 18.1. The maximum atomic E-state index is 13.2. The van der Waals surface area contributed by atoms with Crippen molar-refractivity contribution in [3.05, 3.63) is 60.8 Å². The lowest BCUT2D eigenvalue weighted by Crippen LogP contribution is -2.61. The van der Waals surface area contributed by atoms with Gasteiger partial charge in [0.1, 0.15) is 18.8 Å². The summed E-state index contributed by atoms with van der Waals surface area (Å²) in [5.74, 6) is -3.12. The molecule has 0 saturated carbocycles. The first-order valence-electron chi connectivity index (χ1n) is 33.3. The average molecular weight is 1140 g/mol. The number of carboxylic acid groups (broad SMARTS) is 1. The van der Waals surface area contributed by atoms with Crippen molar-refractivity contribution in [2.45, 2.75) is 340 Å². The van der Waals surface area contributed by atoms with Crippen LogP contribution in [-0.2, 0) is 42.9 Å². The number of carbonyl (C=O) groups is 4. The molecule has 0 radical (unpaired) electrons. The van der Waals surface area contributed by atoms with Gasteiger partial charge in [-0.2, -0.15) is 0 Å². The van der Waals surface area contributed by atoms with Crippen molar-refractivity contribution in [1.82, 2.24) is 0 Å². The molecule has 12 heteroatoms. The predicted molar refractivity (Wildman–Crippen MR) is 331 cm³/mol. The van der Waals surface area contributed by atoms with E-state index in [1.54, 1.807) is 0 Å². The molecule has 1 aliphatic rings. The van der Waals surface area contributed by atoms with Crippen LogP contribution in [0.4, 0.5) is 0 Å². The van der Waals surface area contributed by atoms with Gasteiger partial charge < -0.3 is 39.0 Å². The van der Waals surface area contributed by atoms with Crippen LogP contribution in [0, 0.1) is 0 Å². The smallest absolute Gasteiger partial charge is 0.335 e. The summed E-state index contributed by atoms with van der Waals surface area (Å²) >= 11 is 0. The first-order valence-corrected chi connectivity index (χ1v) is 33.3. The first-order chi connectivity index (χ1) is 39.6. The number of unbranched alkanes of at least 4 members (excludes halogenated alkanes) is 33. The predicted octanol–water partition coefficient (Wildman–Crippen LogP) is 17.9. The number of carboxylic acids is 1. The zero-order chi connectivity index (χ0) is 58.9. The van der Waals surface area contributed by atoms with Gasteiger partial charge in [0.15, 0.2) is 24.6 Å². The van der Waals surface area contributed by atoms with Crippen LogP contribution in [-0.4, -0.2) is 89.2 Å². The highest BCUT2D eigenvalue weighted by Crippen LogP contribution is 2.27. The van der Waals surface area contributed by atoms with Gasteiger partial charge in [-0.15, -0.1) is 0 Å². The zero-order valence-electron chi connectivity index (χ0n) is 51.8. The van der Waals surface area contributed by atoms with Crippen LogP contribution in [0.2, 0.25) is 0 Å². The number of aliphatic hydroxyl groups excluding tert-OH is 2. The van der Waals surface area contributed by atoms with Crippen molar-refractivity contribution >= 4 is 23.9 Å². The van der Waals surface area contributed by atoms with Crippen LogP contribution in [0.25, 0.3) is 0 Å². The summed E-state index contributed by atoms with van der Waals surface area (Å²) in [6, 6.07) is 0. The molecule has 1 rings (SSSR count). The van der Waals surface area contributed by atoms with Crippen molar-refractivity contribution in [1.29, 1.82) is 0 Å². The maximum Gasteiger partial charge on any atom is 0.335 e. The molecule has 1 saturated heterocycles. The molecule has 3 N–H and O–H groups in total. The van der Waals surface area contributed by atoms with Gasteiger partial charge in [0.2, 0.25) is 0 Å². The first kappa shape index (κ1) is 75.4. The van der Waals surface area contributed by atoms with E-state index in [1.165, 1.54) is 135 Å². The van der Waals surface area contributed by atoms with Crippen LogP contribution in [0.1, 0.15) is 303 Å². The molecule has 0 aromatic carbocycles. The third-order valence-corrected chi connectivity index (χ3v) is 15.1. The lowest BCUT2D eigenvalue weighted by atomic mass is 9.98. The minimum atomic E-state index is -1.91. The molecule has 1 aliphatic heterocycles. The lowest BCUT2D eigenvalue weighted by molar-refractivity contribution is -0.301. The third-order valence-electron chi connectivity index (χ3n) is 15.1. The van der Waals surface area contributed by atoms with Gasteiger partial charge >= 0.3 is 23.9 Å². The number of carbonyl (C=O) groups excluding carboxylic acids is 3. The molecule has 1 heterocycles. The van der Waals surface area contributed by atoms with Crippen molar-refractivity contribution < 1.29 is 58.2 Å². The Morgan fingerprint density at radius 2 is 0.778 bits per heavy atom. The molecule has 468 valence electrons. The standard InChI is InChI=1S/C69H120O12/c1-4-7-10-13-16-19-22-25-28-30-31-33-36-39-42-45-48-51-54-57-63(72)80-67-65(74)64(73)66(68(75)76)81-69(67)78-59-60(79-62(71)56-53-50-47-44-41-38-34-27-24-21-18-15-12-9-6-3)58-77-61(70)55-52-49-46-43-40-37-35-32-29-26-23-20-17-14-11-8-5-2/h9,12,16,18-19,21,25,27-28,34,60,64-67,69,73-74H,4-8,10-11,13-15,17,20,22-24,26,29-33,35-59H2,1-3H3,(H,75,76)/b12-9-,19-16-,21-18-,28-25-,34-27-. The second-order valence-electron chi connectivity index (χ2n) is 22.7. The molecule has 0 aromatic rings. The Bertz CT molecular complexity index is 1640. The van der Waals surface area contributed by atoms with Crippen LogP contribution < -0.4 is 0 Å². The Morgan fingerprint density at radius 3 is 1.21 bits per heavy atom. The number of aliphatic carboxylic acids is 1. The summed E-state index contributed by atoms with van der Waals surface area (Å²) < 4.78 is 28.6. The molecule has 0 aliphatic carbocycles. The second-order valence-corrected chi connectivity index (χ2v) is 22.7. The highest BCUT2D eigenvalue weighted by atomic mass is 16.7. The number of hydrogen-bond acceptors (Lipinski definition) is 11. The minimum absolute atomic E-state index is 0.0542. The Labute approximate surface area is 494 Å². The van der Waals surface area contributed by atoms with Crippen LogP contribution in [0.3, 0.4) is 0 Å². The molecule has 1 fully saturated rings. The largest absolute Gasteiger partial charge is 0.479 e. The van der Waals surface area contributed by atoms with Crippen LogP contribution >= 0.6 is 0 Å². The number of hydrogen-bond donors (Lipinski definition) is 3. The molecule has 6 unspecified atom stereocenters. The van der Waals surface area contributed by atoms with Gasteiger partial charge in [-0.1, -0.05) is 261 Å². The molecule has 81 heavy (non-hydrogen) atoms. The van der Waals surface area contributed by atoms with E-state index in [9.17, 15) is 34.5 Å². The quantitative estimate of drug-likeness (QED) is 0.0228. The van der Waals surface area contributed by atoms with E-state index in [0.29, 0.717) is 19.3 Å². The molecule has 12 nitrogen and oxygen atoms in total. The molecule has 0 bridgehead atoms. The fourth-order valence-corrected chi connectivity index (χ4v) is 10.0. The Kier molecular flexibility index (Phi) is 53.0. The Morgan fingerprint density at radius 1 is 0.420 bits per heavy atom. The monoisotopic (exact) mass is 1140 g/mol. The summed E-state index contributed by atoms with van der Waals surface area (Å²) in [6.45, 7) is 5.89. The molecule has 0 spiro atoms. The van der Waals surface area contributed by atoms with Crippen LogP contribution in [0.15, 0.2) is 60.8 Å². The summed E-state index contributed by atoms with van der Waals surface area (Å²) in [6.07, 6.45) is 58.9. The molecule has 0 aromatic heterocycles. The van der Waals surface area contributed by atoms with Gasteiger partial charge in [-0.05, 0) is 83.5 Å². The van der Waals surface area contributed by atoms with E-state index < -0.39 is 67.3 Å². The molecular formula is C69H120O12. The number of allylic oxidation sites excluding steroid dienone is 10. The number of ether oxygens (including phenoxy) is 5. The van der Waals surface area contributed by atoms with Gasteiger partial charge in [0, 0.05) is 19.3 Å². The molecule has 6 atom stereocenters. The van der Waals surface area contributed by atoms with Gasteiger partial charge in [0.25, 0.3) is 0 Å². The van der Waals surface area contributed by atoms with Crippen LogP contribution in [0.5, 0.6) is 0 Å². The second kappa shape index (κ2) is 56.9. The zero-order valence-corrected chi connectivity index (χ0v) is 51.8. The highest BCUT2D eigenvalue weighted by Gasteiger charge is 2.50.